The summed E-state index contributed by atoms with van der Waals surface area (Å²) in [6.07, 6.45) is -0.613. The average Bonchev–Trinajstić information content (AvgIpc) is 2.40. The molecule has 0 aliphatic rings. The summed E-state index contributed by atoms with van der Waals surface area (Å²) in [6, 6.07) is 4.83. The molecule has 1 aromatic carbocycles. The molecule has 0 aromatic heterocycles. The van der Waals surface area contributed by atoms with E-state index in [1.165, 1.54) is 13.2 Å². The van der Waals surface area contributed by atoms with Gasteiger partial charge in [0.1, 0.15) is 11.5 Å². The zero-order valence-corrected chi connectivity index (χ0v) is 11.0. The van der Waals surface area contributed by atoms with Gasteiger partial charge < -0.3 is 14.2 Å². The second-order valence-corrected chi connectivity index (χ2v) is 3.66. The van der Waals surface area contributed by atoms with Crippen molar-refractivity contribution in [1.29, 1.82) is 0 Å². The van der Waals surface area contributed by atoms with Gasteiger partial charge in [0.2, 0.25) is 0 Å². The zero-order valence-electron chi connectivity index (χ0n) is 11.0. The highest BCUT2D eigenvalue weighted by atomic mass is 19.1. The van der Waals surface area contributed by atoms with Crippen LogP contribution in [-0.4, -0.2) is 26.0 Å². The molecule has 0 heterocycles. The Labute approximate surface area is 111 Å². The molecule has 0 fully saturated rings. The molecule has 1 rings (SSSR count). The van der Waals surface area contributed by atoms with Crippen LogP contribution in [0.1, 0.15) is 12.5 Å². The third-order valence-electron chi connectivity index (χ3n) is 2.34. The molecule has 5 heteroatoms. The van der Waals surface area contributed by atoms with Crippen molar-refractivity contribution in [2.45, 2.75) is 19.7 Å². The minimum Gasteiger partial charge on any atom is -0.497 e. The van der Waals surface area contributed by atoms with Crippen LogP contribution in [0.15, 0.2) is 30.9 Å². The molecule has 0 spiro atoms. The summed E-state index contributed by atoms with van der Waals surface area (Å²) in [5.41, 5.74) is 0.531. The van der Waals surface area contributed by atoms with Crippen molar-refractivity contribution in [3.05, 3.63) is 36.4 Å². The van der Waals surface area contributed by atoms with E-state index in [-0.39, 0.29) is 12.2 Å². The number of hydrogen-bond donors (Lipinski definition) is 0. The van der Waals surface area contributed by atoms with Gasteiger partial charge in [0, 0.05) is 11.6 Å². The Balaban J connectivity index is 2.94. The molecule has 1 atom stereocenters. The number of methoxy groups -OCH3 is 1. The highest BCUT2D eigenvalue weighted by Gasteiger charge is 2.13. The number of ether oxygens (including phenoxy) is 3. The van der Waals surface area contributed by atoms with Crippen molar-refractivity contribution in [2.24, 2.45) is 0 Å². The fraction of sp³-hybridized carbons (Fsp3) is 0.357. The van der Waals surface area contributed by atoms with Gasteiger partial charge in [0.15, 0.2) is 0 Å². The van der Waals surface area contributed by atoms with Crippen molar-refractivity contribution < 1.29 is 23.4 Å². The molecular weight excluding hydrogens is 251 g/mol. The van der Waals surface area contributed by atoms with Gasteiger partial charge in [-0.25, -0.2) is 0 Å². The molecule has 1 aromatic rings. The van der Waals surface area contributed by atoms with Crippen molar-refractivity contribution in [3.8, 4) is 11.5 Å². The molecule has 0 radical (unpaired) electrons. The number of alkyl halides is 1. The Morgan fingerprint density at radius 3 is 2.84 bits per heavy atom. The lowest BCUT2D eigenvalue weighted by Gasteiger charge is -2.13. The molecule has 104 valence electrons. The van der Waals surface area contributed by atoms with E-state index in [2.05, 4.69) is 6.58 Å². The maximum atomic E-state index is 13.2. The Hall–Kier alpha value is -2.04. The molecule has 0 aliphatic carbocycles. The van der Waals surface area contributed by atoms with Crippen LogP contribution >= 0.6 is 0 Å². The number of carbonyl (C=O) groups is 1. The van der Waals surface area contributed by atoms with E-state index in [0.717, 1.165) is 6.08 Å². The van der Waals surface area contributed by atoms with Crippen molar-refractivity contribution in [1.82, 2.24) is 0 Å². The van der Waals surface area contributed by atoms with Crippen LogP contribution in [0.25, 0.3) is 0 Å². The van der Waals surface area contributed by atoms with E-state index in [0.29, 0.717) is 17.9 Å². The van der Waals surface area contributed by atoms with E-state index in [1.54, 1.807) is 19.1 Å². The van der Waals surface area contributed by atoms with Gasteiger partial charge in [-0.3, -0.25) is 4.79 Å². The first-order chi connectivity index (χ1) is 9.10. The predicted octanol–water partition coefficient (Wildman–Crippen LogP) is 2.66. The molecule has 0 saturated carbocycles. The third kappa shape index (κ3) is 4.62. The number of hydrogen-bond acceptors (Lipinski definition) is 4. The lowest BCUT2D eigenvalue weighted by Crippen LogP contribution is -2.12. The van der Waals surface area contributed by atoms with Crippen molar-refractivity contribution in [3.63, 3.8) is 0 Å². The molecule has 0 aliphatic heterocycles. The van der Waals surface area contributed by atoms with E-state index >= 15 is 0 Å². The minimum absolute atomic E-state index is 0.0109. The lowest BCUT2D eigenvalue weighted by atomic mass is 10.1. The van der Waals surface area contributed by atoms with Gasteiger partial charge >= 0.3 is 5.97 Å². The summed E-state index contributed by atoms with van der Waals surface area (Å²) in [4.78, 5) is 11.5. The van der Waals surface area contributed by atoms with Crippen LogP contribution in [0.2, 0.25) is 0 Å². The van der Waals surface area contributed by atoms with E-state index in [9.17, 15) is 9.18 Å². The zero-order chi connectivity index (χ0) is 14.3. The third-order valence-corrected chi connectivity index (χ3v) is 2.34. The van der Waals surface area contributed by atoms with Gasteiger partial charge in [0.25, 0.3) is 6.36 Å². The Morgan fingerprint density at radius 2 is 2.26 bits per heavy atom. The minimum atomic E-state index is -1.65. The Bertz CT molecular complexity index is 445. The number of carbonyl (C=O) groups excluding carboxylic acids is 1. The largest absolute Gasteiger partial charge is 0.497 e. The maximum absolute atomic E-state index is 13.2. The smallest absolute Gasteiger partial charge is 0.310 e. The molecule has 19 heavy (non-hydrogen) atoms. The first-order valence-corrected chi connectivity index (χ1v) is 5.86. The summed E-state index contributed by atoms with van der Waals surface area (Å²) in [5.74, 6) is 0.352. The second kappa shape index (κ2) is 7.41. The van der Waals surface area contributed by atoms with Gasteiger partial charge in [-0.05, 0) is 19.1 Å². The number of halogens is 1. The quantitative estimate of drug-likeness (QED) is 0.563. The van der Waals surface area contributed by atoms with Gasteiger partial charge in [-0.1, -0.05) is 12.6 Å². The fourth-order valence-electron chi connectivity index (χ4n) is 1.45. The lowest BCUT2D eigenvalue weighted by molar-refractivity contribution is -0.142. The summed E-state index contributed by atoms with van der Waals surface area (Å²) in [7, 11) is 1.49. The molecule has 1 unspecified atom stereocenters. The number of esters is 1. The van der Waals surface area contributed by atoms with Crippen molar-refractivity contribution >= 4 is 5.97 Å². The molecule has 0 amide bonds. The summed E-state index contributed by atoms with van der Waals surface area (Å²) in [6.45, 7) is 5.31. The van der Waals surface area contributed by atoms with Crippen LogP contribution in [0.5, 0.6) is 11.5 Å². The van der Waals surface area contributed by atoms with Gasteiger partial charge in [-0.15, -0.1) is 0 Å². The molecular formula is C14H17FO4. The van der Waals surface area contributed by atoms with E-state index in [4.69, 9.17) is 14.2 Å². The topological polar surface area (TPSA) is 44.8 Å². The fourth-order valence-corrected chi connectivity index (χ4v) is 1.45. The van der Waals surface area contributed by atoms with Gasteiger partial charge in [0.05, 0.1) is 20.1 Å². The second-order valence-electron chi connectivity index (χ2n) is 3.66. The van der Waals surface area contributed by atoms with Crippen LogP contribution in [0, 0.1) is 0 Å². The Morgan fingerprint density at radius 1 is 1.53 bits per heavy atom. The predicted molar refractivity (Wildman–Crippen MR) is 69.1 cm³/mol. The van der Waals surface area contributed by atoms with E-state index in [1.807, 2.05) is 0 Å². The first-order valence-electron chi connectivity index (χ1n) is 5.86. The Kier molecular flexibility index (Phi) is 5.85. The number of rotatable bonds is 7. The standard InChI is InChI=1S/C14H17FO4/c1-4-13(15)19-12-9-11(17-3)7-6-10(12)8-14(16)18-5-2/h4,6-7,9,13H,1,5,8H2,2-3H3. The summed E-state index contributed by atoms with van der Waals surface area (Å²) >= 11 is 0. The summed E-state index contributed by atoms with van der Waals surface area (Å²) < 4.78 is 28.1. The highest BCUT2D eigenvalue weighted by Crippen LogP contribution is 2.27. The molecule has 0 saturated heterocycles. The average molecular weight is 268 g/mol. The monoisotopic (exact) mass is 268 g/mol. The van der Waals surface area contributed by atoms with Gasteiger partial charge in [-0.2, -0.15) is 4.39 Å². The summed E-state index contributed by atoms with van der Waals surface area (Å²) in [5, 5.41) is 0. The molecule has 4 nitrogen and oxygen atoms in total. The normalized spacial score (nSPS) is 11.5. The number of benzene rings is 1. The highest BCUT2D eigenvalue weighted by molar-refractivity contribution is 5.73. The SMILES string of the molecule is C=CC(F)Oc1cc(OC)ccc1CC(=O)OCC. The van der Waals surface area contributed by atoms with Crippen LogP contribution < -0.4 is 9.47 Å². The first kappa shape index (κ1) is 15.0. The van der Waals surface area contributed by atoms with Crippen LogP contribution in [0.4, 0.5) is 4.39 Å². The molecule has 0 bridgehead atoms. The molecule has 0 N–H and O–H groups in total. The maximum Gasteiger partial charge on any atom is 0.310 e. The van der Waals surface area contributed by atoms with E-state index < -0.39 is 12.3 Å². The van der Waals surface area contributed by atoms with Crippen LogP contribution in [0.3, 0.4) is 0 Å². The van der Waals surface area contributed by atoms with Crippen molar-refractivity contribution in [2.75, 3.05) is 13.7 Å². The van der Waals surface area contributed by atoms with Crippen LogP contribution in [-0.2, 0) is 16.0 Å².